The van der Waals surface area contributed by atoms with E-state index in [0.29, 0.717) is 12.1 Å². The van der Waals surface area contributed by atoms with Gasteiger partial charge in [-0.15, -0.1) is 0 Å². The third-order valence-electron chi connectivity index (χ3n) is 2.10. The van der Waals surface area contributed by atoms with E-state index in [4.69, 9.17) is 0 Å². The maximum absolute atomic E-state index is 9.75. The Morgan fingerprint density at radius 2 is 1.12 bits per heavy atom. The smallest absolute Gasteiger partial charge is 0.418 e. The van der Waals surface area contributed by atoms with E-state index in [1.54, 1.807) is 0 Å². The minimum atomic E-state index is -6.00. The fourth-order valence-electron chi connectivity index (χ4n) is 1.12. The fourth-order valence-corrected chi connectivity index (χ4v) is 1.12. The first-order chi connectivity index (χ1) is 7.11. The SMILES string of the molecule is CC(C)N1C=CN(C(C)C)C1.F[B-](F)(F)F. The van der Waals surface area contributed by atoms with Gasteiger partial charge in [-0.05, 0) is 27.7 Å². The molecule has 0 N–H and O–H groups in total. The first-order valence-electron chi connectivity index (χ1n) is 5.18. The summed E-state index contributed by atoms with van der Waals surface area (Å²) in [6, 6.07) is 1.24. The molecule has 0 radical (unpaired) electrons. The van der Waals surface area contributed by atoms with E-state index in [9.17, 15) is 17.3 Å². The van der Waals surface area contributed by atoms with Crippen molar-refractivity contribution in [2.45, 2.75) is 39.8 Å². The van der Waals surface area contributed by atoms with Gasteiger partial charge in [-0.25, -0.2) is 0 Å². The zero-order valence-corrected chi connectivity index (χ0v) is 10.0. The summed E-state index contributed by atoms with van der Waals surface area (Å²) in [5.41, 5.74) is 0. The molecule has 0 saturated carbocycles. The quantitative estimate of drug-likeness (QED) is 0.541. The van der Waals surface area contributed by atoms with E-state index < -0.39 is 7.25 Å². The van der Waals surface area contributed by atoms with Gasteiger partial charge in [0.15, 0.2) is 0 Å². The van der Waals surface area contributed by atoms with Gasteiger partial charge in [-0.1, -0.05) is 0 Å². The minimum absolute atomic E-state index is 0.620. The van der Waals surface area contributed by atoms with Gasteiger partial charge in [0.1, 0.15) is 0 Å². The Kier molecular flexibility index (Phi) is 5.68. The van der Waals surface area contributed by atoms with Crippen molar-refractivity contribution in [3.05, 3.63) is 12.4 Å². The molecule has 1 aliphatic heterocycles. The van der Waals surface area contributed by atoms with Gasteiger partial charge in [0.2, 0.25) is 0 Å². The van der Waals surface area contributed by atoms with Crippen molar-refractivity contribution >= 4 is 7.25 Å². The molecule has 0 aliphatic carbocycles. The zero-order chi connectivity index (χ0) is 12.9. The van der Waals surface area contributed by atoms with Crippen LogP contribution in [0.5, 0.6) is 0 Å². The summed E-state index contributed by atoms with van der Waals surface area (Å²) < 4.78 is 39.0. The average Bonchev–Trinajstić information content (AvgIpc) is 2.47. The van der Waals surface area contributed by atoms with E-state index in [1.807, 2.05) is 0 Å². The molecule has 0 bridgehead atoms. The van der Waals surface area contributed by atoms with Gasteiger partial charge in [0.25, 0.3) is 0 Å². The van der Waals surface area contributed by atoms with E-state index >= 15 is 0 Å². The molecule has 0 fully saturated rings. The van der Waals surface area contributed by atoms with Crippen LogP contribution in [0.4, 0.5) is 17.3 Å². The highest BCUT2D eigenvalue weighted by Gasteiger charge is 2.20. The van der Waals surface area contributed by atoms with E-state index in [0.717, 1.165) is 6.67 Å². The lowest BCUT2D eigenvalue weighted by atomic mass is 10.3. The number of hydrogen-bond acceptors (Lipinski definition) is 2. The molecule has 96 valence electrons. The molecular formula is C9H18BF4N2-. The molecule has 0 unspecified atom stereocenters. The Balaban J connectivity index is 0.000000385. The van der Waals surface area contributed by atoms with Crippen LogP contribution in [0.15, 0.2) is 12.4 Å². The van der Waals surface area contributed by atoms with E-state index in [2.05, 4.69) is 49.9 Å². The summed E-state index contributed by atoms with van der Waals surface area (Å²) in [6.45, 7) is 9.92. The highest BCUT2D eigenvalue weighted by molar-refractivity contribution is 6.50. The second-order valence-corrected chi connectivity index (χ2v) is 4.15. The van der Waals surface area contributed by atoms with Crippen molar-refractivity contribution in [3.8, 4) is 0 Å². The predicted octanol–water partition coefficient (Wildman–Crippen LogP) is 3.15. The first kappa shape index (κ1) is 15.1. The van der Waals surface area contributed by atoms with Crippen LogP contribution >= 0.6 is 0 Å². The monoisotopic (exact) mass is 241 g/mol. The molecule has 7 heteroatoms. The van der Waals surface area contributed by atoms with Gasteiger partial charge in [0, 0.05) is 24.5 Å². The summed E-state index contributed by atoms with van der Waals surface area (Å²) >= 11 is 0. The van der Waals surface area contributed by atoms with Crippen molar-refractivity contribution in [3.63, 3.8) is 0 Å². The molecule has 0 aromatic rings. The molecule has 0 aromatic heterocycles. The molecule has 1 rings (SSSR count). The van der Waals surface area contributed by atoms with Crippen LogP contribution in [0.3, 0.4) is 0 Å². The summed E-state index contributed by atoms with van der Waals surface area (Å²) in [5, 5.41) is 0. The van der Waals surface area contributed by atoms with Gasteiger partial charge >= 0.3 is 7.25 Å². The topological polar surface area (TPSA) is 6.48 Å². The second kappa shape index (κ2) is 6.01. The number of nitrogens with zero attached hydrogens (tertiary/aromatic N) is 2. The summed E-state index contributed by atoms with van der Waals surface area (Å²) in [5.74, 6) is 0. The molecule has 0 spiro atoms. The van der Waals surface area contributed by atoms with Crippen LogP contribution in [0.25, 0.3) is 0 Å². The lowest BCUT2D eigenvalue weighted by Gasteiger charge is -2.26. The summed E-state index contributed by atoms with van der Waals surface area (Å²) in [7, 11) is -6.00. The molecule has 0 amide bonds. The lowest BCUT2D eigenvalue weighted by molar-refractivity contribution is 0.204. The summed E-state index contributed by atoms with van der Waals surface area (Å²) in [6.07, 6.45) is 4.34. The van der Waals surface area contributed by atoms with Crippen molar-refractivity contribution in [2.24, 2.45) is 0 Å². The minimum Gasteiger partial charge on any atom is -0.418 e. The predicted molar refractivity (Wildman–Crippen MR) is 58.1 cm³/mol. The Labute approximate surface area is 94.0 Å². The van der Waals surface area contributed by atoms with Crippen LogP contribution in [0.2, 0.25) is 0 Å². The van der Waals surface area contributed by atoms with Crippen molar-refractivity contribution in [2.75, 3.05) is 6.67 Å². The molecule has 1 heterocycles. The number of hydrogen-bond donors (Lipinski definition) is 0. The van der Waals surface area contributed by atoms with Crippen LogP contribution < -0.4 is 0 Å². The van der Waals surface area contributed by atoms with Crippen molar-refractivity contribution in [1.82, 2.24) is 9.80 Å². The summed E-state index contributed by atoms with van der Waals surface area (Å²) in [4.78, 5) is 4.67. The molecule has 0 aromatic carbocycles. The molecule has 2 nitrogen and oxygen atoms in total. The van der Waals surface area contributed by atoms with Crippen molar-refractivity contribution < 1.29 is 17.3 Å². The van der Waals surface area contributed by atoms with Gasteiger partial charge < -0.3 is 27.1 Å². The zero-order valence-electron chi connectivity index (χ0n) is 10.0. The maximum atomic E-state index is 9.75. The molecule has 16 heavy (non-hydrogen) atoms. The highest BCUT2D eigenvalue weighted by Crippen LogP contribution is 2.12. The third kappa shape index (κ3) is 7.42. The average molecular weight is 241 g/mol. The van der Waals surface area contributed by atoms with Crippen LogP contribution in [-0.4, -0.2) is 35.8 Å². The highest BCUT2D eigenvalue weighted by atomic mass is 19.5. The largest absolute Gasteiger partial charge is 0.673 e. The van der Waals surface area contributed by atoms with Crippen LogP contribution in [0.1, 0.15) is 27.7 Å². The van der Waals surface area contributed by atoms with Gasteiger partial charge in [0.05, 0.1) is 6.67 Å². The maximum Gasteiger partial charge on any atom is 0.673 e. The normalized spacial score (nSPS) is 15.9. The van der Waals surface area contributed by atoms with Crippen LogP contribution in [0, 0.1) is 0 Å². The molecule has 1 aliphatic rings. The second-order valence-electron chi connectivity index (χ2n) is 4.15. The van der Waals surface area contributed by atoms with Gasteiger partial charge in [-0.2, -0.15) is 0 Å². The Morgan fingerprint density at radius 1 is 0.875 bits per heavy atom. The van der Waals surface area contributed by atoms with Crippen molar-refractivity contribution in [1.29, 1.82) is 0 Å². The Morgan fingerprint density at radius 3 is 1.25 bits per heavy atom. The van der Waals surface area contributed by atoms with Gasteiger partial charge in [-0.3, -0.25) is 0 Å². The molecular weight excluding hydrogens is 223 g/mol. The fraction of sp³-hybridized carbons (Fsp3) is 0.778. The Bertz CT molecular complexity index is 206. The van der Waals surface area contributed by atoms with Crippen LogP contribution in [-0.2, 0) is 0 Å². The first-order valence-corrected chi connectivity index (χ1v) is 5.18. The molecule has 0 atom stereocenters. The van der Waals surface area contributed by atoms with E-state index in [-0.39, 0.29) is 0 Å². The standard InChI is InChI=1S/C9H18N2.BF4/c1-8(2)10-5-6-11(7-10)9(3)4;2-1(3,4)5/h5-6,8-9H,7H2,1-4H3;/q;-1. The number of rotatable bonds is 2. The van der Waals surface area contributed by atoms with E-state index in [1.165, 1.54) is 0 Å². The lowest BCUT2D eigenvalue weighted by Crippen LogP contribution is -2.33. The Hall–Kier alpha value is -0.875. The third-order valence-corrected chi connectivity index (χ3v) is 2.10. The number of halogens is 4. The molecule has 0 saturated heterocycles.